The fourth-order valence-corrected chi connectivity index (χ4v) is 3.76. The Morgan fingerprint density at radius 2 is 0.980 bits per heavy atom. The third-order valence-electron chi connectivity index (χ3n) is 6.62. The summed E-state index contributed by atoms with van der Waals surface area (Å²) in [5.74, 6) is -1.68. The molecule has 0 aliphatic heterocycles. The number of benzene rings is 1. The van der Waals surface area contributed by atoms with E-state index in [1.54, 1.807) is 7.11 Å². The fraction of sp³-hybridized carbons (Fsp3) is 0.697. The summed E-state index contributed by atoms with van der Waals surface area (Å²) >= 11 is 0. The van der Waals surface area contributed by atoms with E-state index in [0.29, 0.717) is 104 Å². The maximum atomic E-state index is 12.5. The molecule has 0 bridgehead atoms. The molecule has 3 atom stereocenters. The molecule has 0 radical (unpaired) electrons. The molecule has 292 valence electrons. The Labute approximate surface area is 299 Å². The van der Waals surface area contributed by atoms with Crippen LogP contribution in [0.1, 0.15) is 25.5 Å². The first kappa shape index (κ1) is 45.6. The predicted octanol–water partition coefficient (Wildman–Crippen LogP) is -0.213. The lowest BCUT2D eigenvalue weighted by molar-refractivity contribution is -0.130. The third kappa shape index (κ3) is 23.6. The predicted molar refractivity (Wildman–Crippen MR) is 183 cm³/mol. The van der Waals surface area contributed by atoms with Crippen molar-refractivity contribution >= 4 is 29.5 Å². The van der Waals surface area contributed by atoms with Crippen LogP contribution in [0.2, 0.25) is 0 Å². The van der Waals surface area contributed by atoms with Gasteiger partial charge in [0.15, 0.2) is 6.10 Å². The summed E-state index contributed by atoms with van der Waals surface area (Å²) in [7, 11) is 2.80. The molecule has 0 heterocycles. The van der Waals surface area contributed by atoms with Gasteiger partial charge in [-0.25, -0.2) is 4.79 Å². The van der Waals surface area contributed by atoms with Gasteiger partial charge in [-0.15, -0.1) is 0 Å². The maximum Gasteiger partial charge on any atom is 0.407 e. The second-order valence-electron chi connectivity index (χ2n) is 10.7. The van der Waals surface area contributed by atoms with Crippen LogP contribution in [0.15, 0.2) is 24.3 Å². The van der Waals surface area contributed by atoms with Crippen LogP contribution in [0.3, 0.4) is 0 Å². The van der Waals surface area contributed by atoms with Crippen molar-refractivity contribution in [1.82, 2.24) is 16.0 Å². The van der Waals surface area contributed by atoms with Gasteiger partial charge in [-0.3, -0.25) is 14.4 Å². The lowest BCUT2D eigenvalue weighted by atomic mass is 10.1. The van der Waals surface area contributed by atoms with Gasteiger partial charge in [0.25, 0.3) is 5.91 Å². The van der Waals surface area contributed by atoms with Crippen LogP contribution in [-0.4, -0.2) is 161 Å². The van der Waals surface area contributed by atoms with E-state index in [0.717, 1.165) is 0 Å². The average Bonchev–Trinajstić information content (AvgIpc) is 3.13. The van der Waals surface area contributed by atoms with Gasteiger partial charge in [0.1, 0.15) is 12.1 Å². The molecule has 0 aliphatic rings. The van der Waals surface area contributed by atoms with Crippen molar-refractivity contribution in [3.63, 3.8) is 0 Å². The number of alkyl carbamates (subject to hydrolysis) is 1. The molecule has 1 unspecified atom stereocenters. The minimum atomic E-state index is -1.42. The van der Waals surface area contributed by atoms with E-state index in [1.165, 1.54) is 45.2 Å². The van der Waals surface area contributed by atoms with Gasteiger partial charge >= 0.3 is 6.09 Å². The number of hydrogen-bond acceptors (Lipinski definition) is 14. The highest BCUT2D eigenvalue weighted by Gasteiger charge is 2.22. The van der Waals surface area contributed by atoms with Gasteiger partial charge in [0, 0.05) is 19.3 Å². The fourth-order valence-electron chi connectivity index (χ4n) is 3.76. The summed E-state index contributed by atoms with van der Waals surface area (Å²) in [5.41, 5.74) is 0.710. The Morgan fingerprint density at radius 1 is 0.569 bits per heavy atom. The first-order valence-corrected chi connectivity index (χ1v) is 16.7. The summed E-state index contributed by atoms with van der Waals surface area (Å²) in [6, 6.07) is 4.21. The molecule has 1 aromatic carbocycles. The molecule has 0 aromatic heterocycles. The number of aliphatic hydroxyl groups is 1. The SMILES string of the molecule is COCCOCCOCCOCCOCCOCCOCCOCCNC(=O)C(O)c1ccc(NC(=O)[C@H](C)NC(=O)[C@H](C)NC(=O)OC)cc1. The Kier molecular flexibility index (Phi) is 27.0. The highest BCUT2D eigenvalue weighted by atomic mass is 16.6. The lowest BCUT2D eigenvalue weighted by Gasteiger charge is -2.18. The minimum Gasteiger partial charge on any atom is -0.453 e. The molecule has 0 spiro atoms. The van der Waals surface area contributed by atoms with E-state index in [2.05, 4.69) is 26.0 Å². The molecule has 1 aromatic rings. The van der Waals surface area contributed by atoms with E-state index < -0.39 is 42.0 Å². The van der Waals surface area contributed by atoms with Gasteiger partial charge in [-0.2, -0.15) is 0 Å². The average molecular weight is 733 g/mol. The normalized spacial score (nSPS) is 12.8. The zero-order valence-electron chi connectivity index (χ0n) is 30.1. The zero-order valence-corrected chi connectivity index (χ0v) is 30.1. The summed E-state index contributed by atoms with van der Waals surface area (Å²) in [6.07, 6.45) is -2.20. The van der Waals surface area contributed by atoms with Crippen LogP contribution >= 0.6 is 0 Å². The van der Waals surface area contributed by atoms with Crippen LogP contribution in [0.5, 0.6) is 0 Å². The molecule has 0 saturated heterocycles. The topological polar surface area (TPSA) is 220 Å². The number of hydrogen-bond donors (Lipinski definition) is 5. The molecule has 51 heavy (non-hydrogen) atoms. The molecule has 0 saturated carbocycles. The van der Waals surface area contributed by atoms with Crippen molar-refractivity contribution in [3.05, 3.63) is 29.8 Å². The Morgan fingerprint density at radius 3 is 1.41 bits per heavy atom. The lowest BCUT2D eigenvalue weighted by Crippen LogP contribution is -2.50. The Balaban J connectivity index is 2.01. The second-order valence-corrected chi connectivity index (χ2v) is 10.7. The van der Waals surface area contributed by atoms with Crippen LogP contribution < -0.4 is 21.3 Å². The number of aliphatic hydroxyl groups excluding tert-OH is 1. The number of rotatable bonds is 31. The molecule has 0 aliphatic carbocycles. The molecule has 4 amide bonds. The van der Waals surface area contributed by atoms with Gasteiger partial charge < -0.3 is 69.0 Å². The van der Waals surface area contributed by atoms with Crippen LogP contribution in [0, 0.1) is 0 Å². The quantitative estimate of drug-likeness (QED) is 0.0624. The molecule has 1 rings (SSSR count). The van der Waals surface area contributed by atoms with Crippen LogP contribution in [-0.2, 0) is 57.0 Å². The molecular formula is C33H56N4O14. The van der Waals surface area contributed by atoms with Crippen molar-refractivity contribution in [3.8, 4) is 0 Å². The maximum absolute atomic E-state index is 12.5. The van der Waals surface area contributed by atoms with Gasteiger partial charge in [-0.05, 0) is 31.5 Å². The number of nitrogens with one attached hydrogen (secondary N) is 4. The van der Waals surface area contributed by atoms with E-state index in [1.807, 2.05) is 0 Å². The molecular weight excluding hydrogens is 676 g/mol. The molecule has 0 fully saturated rings. The van der Waals surface area contributed by atoms with E-state index >= 15 is 0 Å². The third-order valence-corrected chi connectivity index (χ3v) is 6.62. The Bertz CT molecular complexity index is 1080. The van der Waals surface area contributed by atoms with Gasteiger partial charge in [-0.1, -0.05) is 12.1 Å². The van der Waals surface area contributed by atoms with Crippen molar-refractivity contribution in [2.24, 2.45) is 0 Å². The van der Waals surface area contributed by atoms with Crippen molar-refractivity contribution in [1.29, 1.82) is 0 Å². The first-order valence-electron chi connectivity index (χ1n) is 16.7. The summed E-state index contributed by atoms with van der Waals surface area (Å²) < 4.78 is 47.2. The van der Waals surface area contributed by atoms with Crippen molar-refractivity contribution < 1.29 is 66.9 Å². The van der Waals surface area contributed by atoms with E-state index in [4.69, 9.17) is 37.9 Å². The van der Waals surface area contributed by atoms with Crippen molar-refractivity contribution in [2.75, 3.05) is 125 Å². The first-order chi connectivity index (χ1) is 24.7. The highest BCUT2D eigenvalue weighted by molar-refractivity contribution is 5.98. The molecule has 18 heteroatoms. The van der Waals surface area contributed by atoms with E-state index in [-0.39, 0.29) is 13.2 Å². The molecule has 5 N–H and O–H groups in total. The molecule has 18 nitrogen and oxygen atoms in total. The highest BCUT2D eigenvalue weighted by Crippen LogP contribution is 2.17. The summed E-state index contributed by atoms with van der Waals surface area (Å²) in [4.78, 5) is 48.2. The summed E-state index contributed by atoms with van der Waals surface area (Å²) in [5, 5.41) is 20.4. The number of carbonyl (C=O) groups excluding carboxylic acids is 4. The smallest absolute Gasteiger partial charge is 0.407 e. The largest absolute Gasteiger partial charge is 0.453 e. The zero-order chi connectivity index (χ0) is 37.5. The number of amides is 4. The van der Waals surface area contributed by atoms with Crippen LogP contribution in [0.4, 0.5) is 10.5 Å². The number of ether oxygens (including phenoxy) is 9. The van der Waals surface area contributed by atoms with E-state index in [9.17, 15) is 24.3 Å². The van der Waals surface area contributed by atoms with Crippen molar-refractivity contribution in [2.45, 2.75) is 32.0 Å². The Hall–Kier alpha value is -3.46. The monoisotopic (exact) mass is 732 g/mol. The van der Waals surface area contributed by atoms with Gasteiger partial charge in [0.05, 0.1) is 106 Å². The van der Waals surface area contributed by atoms with Gasteiger partial charge in [0.2, 0.25) is 11.8 Å². The minimum absolute atomic E-state index is 0.189. The number of methoxy groups -OCH3 is 2. The summed E-state index contributed by atoms with van der Waals surface area (Å²) in [6.45, 7) is 9.86. The second kappa shape index (κ2) is 30.2. The number of carbonyl (C=O) groups is 4. The standard InChI is InChI=1S/C33H56N4O14/c1-25(35-30(39)26(2)36-33(42)44-4)31(40)37-28-7-5-27(6-8-28)29(38)32(41)34-9-10-45-13-14-47-17-18-49-21-22-51-24-23-50-20-19-48-16-15-46-12-11-43-3/h5-8,25-26,29,38H,9-24H2,1-4H3,(H,34,41)(H,35,39)(H,36,42)(H,37,40)/t25-,26-,29?/m0/s1. The van der Waals surface area contributed by atoms with Crippen LogP contribution in [0.25, 0.3) is 0 Å². The number of anilines is 1.